The highest BCUT2D eigenvalue weighted by atomic mass is 19.4. The molecule has 4 amide bonds. The van der Waals surface area contributed by atoms with Crippen molar-refractivity contribution in [2.45, 2.75) is 154 Å². The molecule has 99 heavy (non-hydrogen) atoms. The molecule has 4 heterocycles. The number of carbonyl (C=O) groups is 3. The quantitative estimate of drug-likeness (QED) is 0.0274. The van der Waals surface area contributed by atoms with Crippen LogP contribution in [0, 0.1) is 5.92 Å². The zero-order valence-electron chi connectivity index (χ0n) is 55.8. The van der Waals surface area contributed by atoms with Crippen LogP contribution in [-0.4, -0.2) is 134 Å². The molecule has 2 fully saturated rings. The summed E-state index contributed by atoms with van der Waals surface area (Å²) in [4.78, 5) is 46.7. The predicted molar refractivity (Wildman–Crippen MR) is 361 cm³/mol. The van der Waals surface area contributed by atoms with Gasteiger partial charge in [-0.3, -0.25) is 14.6 Å². The topological polar surface area (TPSA) is 309 Å². The number of likely N-dealkylation sites (N-methyl/N-ethyl adjacent to an activating group) is 2. The summed E-state index contributed by atoms with van der Waals surface area (Å²) in [5.74, 6) is -0.747. The average Bonchev–Trinajstić information content (AvgIpc) is 0.721. The van der Waals surface area contributed by atoms with Gasteiger partial charge >= 0.3 is 30.4 Å². The molecule has 6 aromatic rings. The van der Waals surface area contributed by atoms with Crippen LogP contribution < -0.4 is 36.8 Å². The van der Waals surface area contributed by atoms with Crippen molar-refractivity contribution in [1.29, 1.82) is 0 Å². The fourth-order valence-corrected chi connectivity index (χ4v) is 15.3. The van der Waals surface area contributed by atoms with E-state index in [-0.39, 0.29) is 106 Å². The summed E-state index contributed by atoms with van der Waals surface area (Å²) in [7, 11) is 3.92. The molecule has 0 saturated carbocycles. The Kier molecular flexibility index (Phi) is 20.9. The van der Waals surface area contributed by atoms with Crippen molar-refractivity contribution in [2.24, 2.45) is 11.7 Å². The second kappa shape index (κ2) is 28.8. The molecule has 4 aliphatic heterocycles. The van der Waals surface area contributed by atoms with E-state index in [9.17, 15) is 81.6 Å². The number of piperidine rings is 2. The lowest BCUT2D eigenvalue weighted by molar-refractivity contribution is -0.156. The number of carbonyl (C=O) groups excluding carboxylic acids is 3. The third-order valence-corrected chi connectivity index (χ3v) is 20.1. The molecule has 0 radical (unpaired) electrons. The zero-order valence-corrected chi connectivity index (χ0v) is 55.8. The van der Waals surface area contributed by atoms with Gasteiger partial charge < -0.3 is 82.4 Å². The number of anilines is 6. The van der Waals surface area contributed by atoms with Crippen LogP contribution in [0.5, 0.6) is 11.5 Å². The van der Waals surface area contributed by atoms with E-state index < -0.39 is 67.6 Å². The standard InChI is InChI=1S/C39H47F3N4O7.C33H38F3N5O5/c1-38(2,3)53-32(50)13-21-7-11-46(12-8-21)30-6-5-25(16-28(30)39(40,41)42)43-37(52)44-29-15-24(19-48)36(51)35-26(29)17-31-33-22(9-10-45(31)4)14-23(18-47)27(20-49)34(33)35;1-40-7-4-17-10-18(14-42)23(16-44)29-28(17)27(40)13-22-25(11-19(15-43)31(45)30(22)29)39-32(46)38-21-2-3-26(24(12-21)33(34,35)36)41-8-5-20(37)6-9-41/h5-6,14-16,21,31,47-49,51H,7-13,17-20H2,1-4H3,(H2,43,44,52);2-3,10-12,20,27,42-45H,4-9,13-16,37H2,1H3,(H2,38,39,46). The van der Waals surface area contributed by atoms with Gasteiger partial charge in [0.25, 0.3) is 0 Å². The van der Waals surface area contributed by atoms with Gasteiger partial charge in [0.2, 0.25) is 0 Å². The Bertz CT molecular complexity index is 4090. The SMILES string of the molecule is CN1CCc2cc(CO)c(CO)c3c2C1Cc1c(NC(=O)Nc2ccc(N4CCC(CC(=O)OC(C)(C)C)CC4)c(C(F)(F)F)c2)cc(CO)c(O)c1-3.CN1CCc2cc(CO)c(CO)c3c2C1Cc1c(NC(=O)Nc2ccc(N4CCC(N)CC4)c(C(F)(F)F)c2)cc(CO)c(O)c1-3. The number of ether oxygens (including phenoxy) is 1. The number of amides is 4. The number of fused-ring (bicyclic) bond motifs is 4. The number of rotatable bonds is 14. The van der Waals surface area contributed by atoms with Crippen LogP contribution in [0.3, 0.4) is 0 Å². The maximum absolute atomic E-state index is 14.5. The van der Waals surface area contributed by atoms with Gasteiger partial charge in [-0.1, -0.05) is 12.1 Å². The Morgan fingerprint density at radius 3 is 1.28 bits per heavy atom. The fraction of sp³-hybridized carbons (Fsp3) is 0.458. The maximum atomic E-state index is 14.5. The van der Waals surface area contributed by atoms with Crippen molar-refractivity contribution in [3.8, 4) is 33.8 Å². The van der Waals surface area contributed by atoms with Crippen molar-refractivity contribution in [3.05, 3.63) is 139 Å². The van der Waals surface area contributed by atoms with E-state index in [2.05, 4.69) is 31.1 Å². The highest BCUT2D eigenvalue weighted by Gasteiger charge is 2.43. The minimum Gasteiger partial charge on any atom is -0.507 e. The maximum Gasteiger partial charge on any atom is 0.418 e. The molecule has 14 N–H and O–H groups in total. The number of nitrogens with one attached hydrogen (secondary N) is 4. The van der Waals surface area contributed by atoms with E-state index >= 15 is 0 Å². The normalized spacial score (nSPS) is 17.9. The van der Waals surface area contributed by atoms with Crippen molar-refractivity contribution in [3.63, 3.8) is 0 Å². The van der Waals surface area contributed by atoms with Crippen LogP contribution in [-0.2, 0) is 87.2 Å². The third-order valence-electron chi connectivity index (χ3n) is 20.1. The van der Waals surface area contributed by atoms with Gasteiger partial charge in [0.1, 0.15) is 17.1 Å². The smallest absolute Gasteiger partial charge is 0.418 e. The lowest BCUT2D eigenvalue weighted by Crippen LogP contribution is -2.40. The van der Waals surface area contributed by atoms with Crippen molar-refractivity contribution >= 4 is 52.2 Å². The first-order valence-electron chi connectivity index (χ1n) is 33.2. The van der Waals surface area contributed by atoms with E-state index in [0.717, 1.165) is 40.9 Å². The number of aliphatic hydroxyl groups excluding tert-OH is 6. The van der Waals surface area contributed by atoms with Crippen LogP contribution in [0.1, 0.15) is 143 Å². The van der Waals surface area contributed by atoms with E-state index in [1.54, 1.807) is 30.6 Å². The highest BCUT2D eigenvalue weighted by Crippen LogP contribution is 2.56. The summed E-state index contributed by atoms with van der Waals surface area (Å²) in [5.41, 5.74) is 12.7. The van der Waals surface area contributed by atoms with Gasteiger partial charge in [0.15, 0.2) is 0 Å². The number of esters is 1. The molecule has 0 bridgehead atoms. The molecule has 21 nitrogen and oxygen atoms in total. The van der Waals surface area contributed by atoms with Crippen LogP contribution in [0.4, 0.5) is 70.1 Å². The molecule has 6 aliphatic rings. The van der Waals surface area contributed by atoms with Crippen LogP contribution >= 0.6 is 0 Å². The molecule has 0 aromatic heterocycles. The van der Waals surface area contributed by atoms with Crippen molar-refractivity contribution in [2.75, 3.05) is 84.4 Å². The number of aliphatic hydroxyl groups is 6. The minimum absolute atomic E-state index is 0.00179. The van der Waals surface area contributed by atoms with E-state index in [1.165, 1.54) is 36.4 Å². The Hall–Kier alpha value is -8.25. The Morgan fingerprint density at radius 1 is 0.525 bits per heavy atom. The van der Waals surface area contributed by atoms with Gasteiger partial charge in [-0.25, -0.2) is 9.59 Å². The number of nitrogens with two attached hydrogens (primary N) is 1. The Balaban J connectivity index is 0.000000202. The van der Waals surface area contributed by atoms with Crippen molar-refractivity contribution in [1.82, 2.24) is 9.80 Å². The lowest BCUT2D eigenvalue weighted by atomic mass is 9.73. The molecule has 2 saturated heterocycles. The molecule has 12 rings (SSSR count). The largest absolute Gasteiger partial charge is 0.507 e. The van der Waals surface area contributed by atoms with Gasteiger partial charge in [-0.05, 0) is 207 Å². The number of nitrogens with zero attached hydrogens (tertiary/aromatic N) is 4. The van der Waals surface area contributed by atoms with Crippen molar-refractivity contribution < 1.29 is 86.3 Å². The lowest BCUT2D eigenvalue weighted by Gasteiger charge is -2.42. The average molecular weight is 1380 g/mol. The fourth-order valence-electron chi connectivity index (χ4n) is 15.3. The van der Waals surface area contributed by atoms with Gasteiger partial charge in [0, 0.05) is 120 Å². The Labute approximate surface area is 568 Å². The summed E-state index contributed by atoms with van der Waals surface area (Å²) < 4.78 is 91.3. The first-order valence-corrected chi connectivity index (χ1v) is 33.2. The molecule has 2 unspecified atom stereocenters. The highest BCUT2D eigenvalue weighted by molar-refractivity contribution is 6.04. The first kappa shape index (κ1) is 72.0. The second-order valence-electron chi connectivity index (χ2n) is 27.5. The zero-order chi connectivity index (χ0) is 71.3. The number of benzene rings is 6. The second-order valence-corrected chi connectivity index (χ2v) is 27.5. The van der Waals surface area contributed by atoms with Crippen LogP contribution in [0.2, 0.25) is 0 Å². The van der Waals surface area contributed by atoms with E-state index in [0.29, 0.717) is 140 Å². The molecule has 2 aliphatic carbocycles. The first-order chi connectivity index (χ1) is 47.0. The summed E-state index contributed by atoms with van der Waals surface area (Å²) in [5, 5.41) is 95.0. The molecule has 532 valence electrons. The van der Waals surface area contributed by atoms with E-state index in [1.807, 2.05) is 26.2 Å². The molecule has 0 spiro atoms. The minimum atomic E-state index is -4.72. The van der Waals surface area contributed by atoms with Gasteiger partial charge in [-0.2, -0.15) is 26.3 Å². The molecular weight excluding hydrogens is 1300 g/mol. The number of urea groups is 2. The summed E-state index contributed by atoms with van der Waals surface area (Å²) >= 11 is 0. The molecular formula is C72H85F6N9O12. The van der Waals surface area contributed by atoms with E-state index in [4.69, 9.17) is 10.5 Å². The number of halogens is 6. The molecule has 2 atom stereocenters. The number of alkyl halides is 6. The summed E-state index contributed by atoms with van der Waals surface area (Å²) in [6.07, 6.45) is -4.87. The molecule has 6 aromatic carbocycles. The monoisotopic (exact) mass is 1380 g/mol. The number of hydrogen-bond acceptors (Lipinski definition) is 17. The summed E-state index contributed by atoms with van der Waals surface area (Å²) in [6.45, 7) is 5.57. The Morgan fingerprint density at radius 2 is 0.919 bits per heavy atom. The van der Waals surface area contributed by atoms with Gasteiger partial charge in [-0.15, -0.1) is 0 Å². The van der Waals surface area contributed by atoms with Crippen LogP contribution in [0.15, 0.2) is 60.7 Å². The number of aromatic hydroxyl groups is 2. The third kappa shape index (κ3) is 14.7. The van der Waals surface area contributed by atoms with Crippen LogP contribution in [0.25, 0.3) is 22.3 Å². The van der Waals surface area contributed by atoms with Gasteiger partial charge in [0.05, 0.1) is 50.8 Å². The summed E-state index contributed by atoms with van der Waals surface area (Å²) in [6, 6.07) is 11.9. The predicted octanol–water partition coefficient (Wildman–Crippen LogP) is 10.4. The number of phenols is 2. The molecule has 27 heteroatoms. The number of hydrogen-bond donors (Lipinski definition) is 13.